The van der Waals surface area contributed by atoms with Crippen LogP contribution in [0.2, 0.25) is 5.02 Å². The van der Waals surface area contributed by atoms with Crippen molar-refractivity contribution in [2.45, 2.75) is 44.8 Å². The normalized spacial score (nSPS) is 18.1. The molecule has 1 aliphatic carbocycles. The molecule has 2 heterocycles. The molecular formula is C29H27ClN2O. The van der Waals surface area contributed by atoms with E-state index in [1.807, 2.05) is 42.6 Å². The standard InChI is InChI=1S/C29H27ClN2O/c30-26-8-5-23(6-9-26)25-7-11-27(31-20-25)10-1-22-4-14-29-24(19-22)16-18-32(29)17-15-21-2-12-28(33)13-3-21/h4-9,11,14,16,18-21,28,33H,2-3,12-13,15,17H2. The van der Waals surface area contributed by atoms with E-state index in [1.54, 1.807) is 0 Å². The van der Waals surface area contributed by atoms with Crippen LogP contribution < -0.4 is 0 Å². The largest absolute Gasteiger partial charge is 0.393 e. The molecule has 0 spiro atoms. The summed E-state index contributed by atoms with van der Waals surface area (Å²) in [6, 6.07) is 20.3. The van der Waals surface area contributed by atoms with Crippen molar-refractivity contribution in [3.63, 3.8) is 0 Å². The fourth-order valence-electron chi connectivity index (χ4n) is 4.65. The van der Waals surface area contributed by atoms with Crippen molar-refractivity contribution in [3.05, 3.63) is 89.3 Å². The Hall–Kier alpha value is -3.06. The Morgan fingerprint density at radius 2 is 1.70 bits per heavy atom. The maximum Gasteiger partial charge on any atom is 0.113 e. The van der Waals surface area contributed by atoms with E-state index in [-0.39, 0.29) is 6.10 Å². The number of aliphatic hydroxyl groups excluding tert-OH is 1. The highest BCUT2D eigenvalue weighted by atomic mass is 35.5. The number of hydrogen-bond acceptors (Lipinski definition) is 2. The van der Waals surface area contributed by atoms with Gasteiger partial charge in [-0.1, -0.05) is 35.7 Å². The zero-order valence-corrected chi connectivity index (χ0v) is 19.3. The van der Waals surface area contributed by atoms with Crippen molar-refractivity contribution >= 4 is 22.5 Å². The minimum Gasteiger partial charge on any atom is -0.393 e. The average molecular weight is 455 g/mol. The highest BCUT2D eigenvalue weighted by Gasteiger charge is 2.19. The van der Waals surface area contributed by atoms with Crippen molar-refractivity contribution in [3.8, 4) is 23.0 Å². The smallest absolute Gasteiger partial charge is 0.113 e. The number of benzene rings is 2. The molecule has 1 saturated carbocycles. The van der Waals surface area contributed by atoms with Crippen molar-refractivity contribution < 1.29 is 5.11 Å². The first-order valence-corrected chi connectivity index (χ1v) is 12.0. The Kier molecular flexibility index (Phi) is 6.48. The average Bonchev–Trinajstić information content (AvgIpc) is 3.25. The summed E-state index contributed by atoms with van der Waals surface area (Å²) in [6.07, 6.45) is 9.33. The Morgan fingerprint density at radius 1 is 0.909 bits per heavy atom. The number of aromatic nitrogens is 2. The van der Waals surface area contributed by atoms with Crippen LogP contribution in [0, 0.1) is 17.8 Å². The lowest BCUT2D eigenvalue weighted by Gasteiger charge is -2.25. The SMILES string of the molecule is OC1CCC(CCn2ccc3cc(C#Cc4ccc(-c5ccc(Cl)cc5)cn4)ccc32)CC1. The van der Waals surface area contributed by atoms with Gasteiger partial charge in [-0.2, -0.15) is 0 Å². The van der Waals surface area contributed by atoms with Crippen LogP contribution in [0.25, 0.3) is 22.0 Å². The molecule has 4 aromatic rings. The van der Waals surface area contributed by atoms with Crippen molar-refractivity contribution in [1.82, 2.24) is 9.55 Å². The third kappa shape index (κ3) is 5.30. The van der Waals surface area contributed by atoms with E-state index < -0.39 is 0 Å². The number of aryl methyl sites for hydroxylation is 1. The van der Waals surface area contributed by atoms with Crippen LogP contribution >= 0.6 is 11.6 Å². The van der Waals surface area contributed by atoms with Crippen LogP contribution in [-0.4, -0.2) is 20.8 Å². The molecule has 1 N–H and O–H groups in total. The second-order valence-corrected chi connectivity index (χ2v) is 9.37. The third-order valence-electron chi connectivity index (χ3n) is 6.64. The number of halogens is 1. The van der Waals surface area contributed by atoms with E-state index in [4.69, 9.17) is 11.6 Å². The molecule has 0 aliphatic heterocycles. The molecule has 33 heavy (non-hydrogen) atoms. The number of hydrogen-bond donors (Lipinski definition) is 1. The first-order chi connectivity index (χ1) is 16.1. The summed E-state index contributed by atoms with van der Waals surface area (Å²) in [5.41, 5.74) is 5.13. The second kappa shape index (κ2) is 9.83. The lowest BCUT2D eigenvalue weighted by Crippen LogP contribution is -2.19. The molecule has 0 radical (unpaired) electrons. The van der Waals surface area contributed by atoms with Gasteiger partial charge < -0.3 is 9.67 Å². The maximum atomic E-state index is 9.71. The molecule has 0 bridgehead atoms. The first kappa shape index (κ1) is 21.8. The summed E-state index contributed by atoms with van der Waals surface area (Å²) >= 11 is 5.97. The van der Waals surface area contributed by atoms with Gasteiger partial charge in [0.25, 0.3) is 0 Å². The summed E-state index contributed by atoms with van der Waals surface area (Å²) in [5.74, 6) is 7.17. The summed E-state index contributed by atoms with van der Waals surface area (Å²) in [5, 5.41) is 11.6. The topological polar surface area (TPSA) is 38.0 Å². The number of nitrogens with zero attached hydrogens (tertiary/aromatic N) is 2. The van der Waals surface area contributed by atoms with Crippen LogP contribution in [0.15, 0.2) is 73.1 Å². The number of aliphatic hydroxyl groups is 1. The van der Waals surface area contributed by atoms with Gasteiger partial charge in [-0.05, 0) is 92.0 Å². The quantitative estimate of drug-likeness (QED) is 0.348. The zero-order chi connectivity index (χ0) is 22.6. The second-order valence-electron chi connectivity index (χ2n) is 8.93. The van der Waals surface area contributed by atoms with E-state index in [1.165, 1.54) is 17.3 Å². The molecule has 1 fully saturated rings. The zero-order valence-electron chi connectivity index (χ0n) is 18.5. The molecule has 0 amide bonds. The van der Waals surface area contributed by atoms with Gasteiger partial charge in [0, 0.05) is 46.0 Å². The van der Waals surface area contributed by atoms with Crippen LogP contribution in [0.5, 0.6) is 0 Å². The van der Waals surface area contributed by atoms with E-state index >= 15 is 0 Å². The van der Waals surface area contributed by atoms with Gasteiger partial charge in [-0.25, -0.2) is 4.98 Å². The van der Waals surface area contributed by atoms with E-state index in [9.17, 15) is 5.11 Å². The minimum atomic E-state index is -0.0789. The lowest BCUT2D eigenvalue weighted by atomic mass is 9.85. The molecule has 0 atom stereocenters. The van der Waals surface area contributed by atoms with Crippen LogP contribution in [0.1, 0.15) is 43.4 Å². The Balaban J connectivity index is 1.25. The van der Waals surface area contributed by atoms with Crippen molar-refractivity contribution in [2.24, 2.45) is 5.92 Å². The summed E-state index contributed by atoms with van der Waals surface area (Å²) in [4.78, 5) is 4.51. The predicted molar refractivity (Wildman–Crippen MR) is 135 cm³/mol. The van der Waals surface area contributed by atoms with Crippen molar-refractivity contribution in [1.29, 1.82) is 0 Å². The highest BCUT2D eigenvalue weighted by Crippen LogP contribution is 2.28. The lowest BCUT2D eigenvalue weighted by molar-refractivity contribution is 0.105. The fraction of sp³-hybridized carbons (Fsp3) is 0.276. The maximum absolute atomic E-state index is 9.71. The molecule has 0 saturated heterocycles. The molecule has 3 nitrogen and oxygen atoms in total. The van der Waals surface area contributed by atoms with Gasteiger partial charge >= 0.3 is 0 Å². The van der Waals surface area contributed by atoms with Gasteiger partial charge in [0.1, 0.15) is 5.69 Å². The van der Waals surface area contributed by atoms with Crippen LogP contribution in [0.3, 0.4) is 0 Å². The number of fused-ring (bicyclic) bond motifs is 1. The molecular weight excluding hydrogens is 428 g/mol. The Labute approximate surface area is 200 Å². The van der Waals surface area contributed by atoms with E-state index in [0.717, 1.165) is 65.6 Å². The summed E-state index contributed by atoms with van der Waals surface area (Å²) in [7, 11) is 0. The summed E-state index contributed by atoms with van der Waals surface area (Å²) in [6.45, 7) is 1.03. The van der Waals surface area contributed by atoms with E-state index in [0.29, 0.717) is 0 Å². The molecule has 166 valence electrons. The Morgan fingerprint density at radius 3 is 2.45 bits per heavy atom. The monoisotopic (exact) mass is 454 g/mol. The predicted octanol–water partition coefficient (Wildman–Crippen LogP) is 6.70. The summed E-state index contributed by atoms with van der Waals surface area (Å²) < 4.78 is 2.34. The van der Waals surface area contributed by atoms with Gasteiger partial charge in [0.05, 0.1) is 6.10 Å². The molecule has 0 unspecified atom stereocenters. The molecule has 2 aromatic carbocycles. The van der Waals surface area contributed by atoms with Gasteiger partial charge in [-0.15, -0.1) is 0 Å². The van der Waals surface area contributed by atoms with Crippen molar-refractivity contribution in [2.75, 3.05) is 0 Å². The number of pyridine rings is 1. The fourth-order valence-corrected chi connectivity index (χ4v) is 4.77. The van der Waals surface area contributed by atoms with Gasteiger partial charge in [-0.3, -0.25) is 0 Å². The van der Waals surface area contributed by atoms with Gasteiger partial charge in [0.2, 0.25) is 0 Å². The highest BCUT2D eigenvalue weighted by molar-refractivity contribution is 6.30. The molecule has 2 aromatic heterocycles. The minimum absolute atomic E-state index is 0.0789. The van der Waals surface area contributed by atoms with Crippen LogP contribution in [0.4, 0.5) is 0 Å². The molecule has 1 aliphatic rings. The number of rotatable bonds is 4. The van der Waals surface area contributed by atoms with Gasteiger partial charge in [0.15, 0.2) is 0 Å². The first-order valence-electron chi connectivity index (χ1n) is 11.6. The molecule has 5 rings (SSSR count). The Bertz CT molecular complexity index is 1290. The van der Waals surface area contributed by atoms with Crippen LogP contribution in [-0.2, 0) is 6.54 Å². The molecule has 4 heteroatoms. The van der Waals surface area contributed by atoms with E-state index in [2.05, 4.69) is 51.9 Å². The third-order valence-corrected chi connectivity index (χ3v) is 6.89.